The molecule has 0 aromatic heterocycles. The van der Waals surface area contributed by atoms with Crippen molar-refractivity contribution in [3.8, 4) is 0 Å². The molecule has 1 rings (SSSR count). The van der Waals surface area contributed by atoms with Crippen molar-refractivity contribution in [1.29, 1.82) is 0 Å². The van der Waals surface area contributed by atoms with Crippen LogP contribution in [0.3, 0.4) is 0 Å². The minimum atomic E-state index is 0.411. The lowest BCUT2D eigenvalue weighted by Crippen LogP contribution is -2.34. The summed E-state index contributed by atoms with van der Waals surface area (Å²) in [5.74, 6) is 1.50. The Kier molecular flexibility index (Phi) is 3.59. The van der Waals surface area contributed by atoms with Gasteiger partial charge in [0.05, 0.1) is 6.61 Å². The zero-order valence-electron chi connectivity index (χ0n) is 8.27. The van der Waals surface area contributed by atoms with E-state index < -0.39 is 0 Å². The lowest BCUT2D eigenvalue weighted by molar-refractivity contribution is 0.110. The summed E-state index contributed by atoms with van der Waals surface area (Å²) >= 11 is 3.62. The molecule has 0 aliphatic carbocycles. The molecule has 0 saturated carbocycles. The highest BCUT2D eigenvalue weighted by molar-refractivity contribution is 9.09. The van der Waals surface area contributed by atoms with E-state index >= 15 is 0 Å². The Bertz CT molecular complexity index is 139. The molecule has 1 fully saturated rings. The highest BCUT2D eigenvalue weighted by atomic mass is 79.9. The Morgan fingerprint density at radius 1 is 1.42 bits per heavy atom. The molecule has 2 unspecified atom stereocenters. The van der Waals surface area contributed by atoms with Gasteiger partial charge in [0, 0.05) is 17.4 Å². The van der Waals surface area contributed by atoms with Crippen molar-refractivity contribution in [2.75, 3.05) is 18.5 Å². The van der Waals surface area contributed by atoms with Gasteiger partial charge in [-0.2, -0.15) is 0 Å². The lowest BCUT2D eigenvalue weighted by atomic mass is 9.72. The third kappa shape index (κ3) is 1.85. The van der Waals surface area contributed by atoms with Crippen molar-refractivity contribution in [1.82, 2.24) is 0 Å². The van der Waals surface area contributed by atoms with Crippen LogP contribution in [0.4, 0.5) is 0 Å². The molecule has 0 spiro atoms. The molecule has 1 aliphatic rings. The predicted octanol–water partition coefficient (Wildman–Crippen LogP) is 3.08. The third-order valence-electron chi connectivity index (χ3n) is 3.37. The van der Waals surface area contributed by atoms with E-state index in [9.17, 15) is 0 Å². The van der Waals surface area contributed by atoms with Gasteiger partial charge in [0.15, 0.2) is 0 Å². The molecule has 12 heavy (non-hydrogen) atoms. The standard InChI is InChI=1S/C10H19BrO/c1-8(2)9(3)10(6-11)4-5-12-7-10/h8-9H,4-7H2,1-3H3. The van der Waals surface area contributed by atoms with Gasteiger partial charge in [-0.15, -0.1) is 0 Å². The first-order valence-electron chi connectivity index (χ1n) is 4.76. The first-order chi connectivity index (χ1) is 5.62. The SMILES string of the molecule is CC(C)C(C)C1(CBr)CCOC1. The van der Waals surface area contributed by atoms with E-state index in [0.717, 1.165) is 30.4 Å². The van der Waals surface area contributed by atoms with E-state index in [4.69, 9.17) is 4.74 Å². The summed E-state index contributed by atoms with van der Waals surface area (Å²) in [6, 6.07) is 0. The second kappa shape index (κ2) is 4.10. The fourth-order valence-electron chi connectivity index (χ4n) is 1.92. The van der Waals surface area contributed by atoms with Crippen LogP contribution in [0.5, 0.6) is 0 Å². The van der Waals surface area contributed by atoms with Crippen LogP contribution in [0.15, 0.2) is 0 Å². The van der Waals surface area contributed by atoms with Gasteiger partial charge in [0.1, 0.15) is 0 Å². The highest BCUT2D eigenvalue weighted by Gasteiger charge is 2.40. The Hall–Kier alpha value is 0.440. The molecule has 0 radical (unpaired) electrons. The molecule has 1 saturated heterocycles. The number of hydrogen-bond donors (Lipinski definition) is 0. The number of hydrogen-bond acceptors (Lipinski definition) is 1. The fourth-order valence-corrected chi connectivity index (χ4v) is 2.87. The number of halogens is 1. The van der Waals surface area contributed by atoms with Crippen LogP contribution in [0.2, 0.25) is 0 Å². The summed E-state index contributed by atoms with van der Waals surface area (Å²) < 4.78 is 5.49. The van der Waals surface area contributed by atoms with Crippen molar-refractivity contribution in [3.63, 3.8) is 0 Å². The molecule has 1 heterocycles. The summed E-state index contributed by atoms with van der Waals surface area (Å²) in [4.78, 5) is 0. The molecule has 0 amide bonds. The van der Waals surface area contributed by atoms with Gasteiger partial charge >= 0.3 is 0 Å². The van der Waals surface area contributed by atoms with E-state index in [2.05, 4.69) is 36.7 Å². The molecule has 1 nitrogen and oxygen atoms in total. The molecular formula is C10H19BrO. The van der Waals surface area contributed by atoms with Gasteiger partial charge in [-0.25, -0.2) is 0 Å². The van der Waals surface area contributed by atoms with Crippen LogP contribution in [0.25, 0.3) is 0 Å². The fraction of sp³-hybridized carbons (Fsp3) is 1.00. The van der Waals surface area contributed by atoms with E-state index in [0.29, 0.717) is 5.41 Å². The predicted molar refractivity (Wildman–Crippen MR) is 55.7 cm³/mol. The third-order valence-corrected chi connectivity index (χ3v) is 4.48. The first kappa shape index (κ1) is 10.5. The number of alkyl halides is 1. The number of rotatable bonds is 3. The van der Waals surface area contributed by atoms with Crippen molar-refractivity contribution >= 4 is 15.9 Å². The molecule has 0 aromatic carbocycles. The van der Waals surface area contributed by atoms with Gasteiger partial charge in [0.2, 0.25) is 0 Å². The van der Waals surface area contributed by atoms with E-state index in [1.54, 1.807) is 0 Å². The molecule has 0 bridgehead atoms. The number of ether oxygens (including phenoxy) is 1. The van der Waals surface area contributed by atoms with Gasteiger partial charge < -0.3 is 4.74 Å². The second-order valence-corrected chi connectivity index (χ2v) is 4.89. The second-order valence-electron chi connectivity index (χ2n) is 4.33. The minimum absolute atomic E-state index is 0.411. The summed E-state index contributed by atoms with van der Waals surface area (Å²) in [6.07, 6.45) is 1.22. The van der Waals surface area contributed by atoms with Crippen molar-refractivity contribution in [2.45, 2.75) is 27.2 Å². The Morgan fingerprint density at radius 3 is 2.42 bits per heavy atom. The Morgan fingerprint density at radius 2 is 2.08 bits per heavy atom. The van der Waals surface area contributed by atoms with Crippen LogP contribution in [0, 0.1) is 17.3 Å². The Balaban J connectivity index is 2.65. The largest absolute Gasteiger partial charge is 0.381 e. The first-order valence-corrected chi connectivity index (χ1v) is 5.88. The molecule has 72 valence electrons. The maximum Gasteiger partial charge on any atom is 0.0533 e. The monoisotopic (exact) mass is 234 g/mol. The summed E-state index contributed by atoms with van der Waals surface area (Å²) in [5.41, 5.74) is 0.411. The van der Waals surface area contributed by atoms with Crippen LogP contribution >= 0.6 is 15.9 Å². The Labute approximate surface area is 84.0 Å². The molecule has 2 atom stereocenters. The van der Waals surface area contributed by atoms with Gasteiger partial charge in [-0.1, -0.05) is 36.7 Å². The van der Waals surface area contributed by atoms with Gasteiger partial charge in [-0.3, -0.25) is 0 Å². The lowest BCUT2D eigenvalue weighted by Gasteiger charge is -2.34. The smallest absolute Gasteiger partial charge is 0.0533 e. The normalized spacial score (nSPS) is 32.8. The molecular weight excluding hydrogens is 216 g/mol. The van der Waals surface area contributed by atoms with Crippen molar-refractivity contribution in [3.05, 3.63) is 0 Å². The van der Waals surface area contributed by atoms with Crippen LogP contribution < -0.4 is 0 Å². The maximum absolute atomic E-state index is 5.49. The molecule has 2 heteroatoms. The quantitative estimate of drug-likeness (QED) is 0.683. The van der Waals surface area contributed by atoms with Crippen LogP contribution in [0.1, 0.15) is 27.2 Å². The highest BCUT2D eigenvalue weighted by Crippen LogP contribution is 2.41. The van der Waals surface area contributed by atoms with Crippen molar-refractivity contribution in [2.24, 2.45) is 17.3 Å². The van der Waals surface area contributed by atoms with E-state index in [1.165, 1.54) is 6.42 Å². The van der Waals surface area contributed by atoms with Crippen LogP contribution in [-0.4, -0.2) is 18.5 Å². The molecule has 0 N–H and O–H groups in total. The average molecular weight is 235 g/mol. The summed E-state index contributed by atoms with van der Waals surface area (Å²) in [7, 11) is 0. The summed E-state index contributed by atoms with van der Waals surface area (Å²) in [6.45, 7) is 8.83. The van der Waals surface area contributed by atoms with E-state index in [-0.39, 0.29) is 0 Å². The van der Waals surface area contributed by atoms with Crippen molar-refractivity contribution < 1.29 is 4.74 Å². The zero-order chi connectivity index (χ0) is 9.19. The molecule has 1 aliphatic heterocycles. The zero-order valence-corrected chi connectivity index (χ0v) is 9.86. The van der Waals surface area contributed by atoms with Crippen LogP contribution in [-0.2, 0) is 4.74 Å². The molecule has 0 aromatic rings. The average Bonchev–Trinajstić information content (AvgIpc) is 2.52. The topological polar surface area (TPSA) is 9.23 Å². The maximum atomic E-state index is 5.49. The van der Waals surface area contributed by atoms with Gasteiger partial charge in [0.25, 0.3) is 0 Å². The van der Waals surface area contributed by atoms with E-state index in [1.807, 2.05) is 0 Å². The minimum Gasteiger partial charge on any atom is -0.381 e. The van der Waals surface area contributed by atoms with Gasteiger partial charge in [-0.05, 0) is 18.3 Å². The summed E-state index contributed by atoms with van der Waals surface area (Å²) in [5, 5.41) is 1.08.